The monoisotopic (exact) mass is 723 g/mol. The Kier molecular flexibility index (Phi) is 14.1. The highest BCUT2D eigenvalue weighted by Gasteiger charge is 2.32. The summed E-state index contributed by atoms with van der Waals surface area (Å²) < 4.78 is 49.6. The first-order chi connectivity index (χ1) is 25.6. The zero-order valence-corrected chi connectivity index (χ0v) is 31.3. The van der Waals surface area contributed by atoms with Crippen LogP contribution in [0.5, 0.6) is 5.75 Å². The molecule has 5 aromatic rings. The van der Waals surface area contributed by atoms with Gasteiger partial charge in [0.1, 0.15) is 11.6 Å². The second-order valence-electron chi connectivity index (χ2n) is 14.1. The number of aryl methyl sites for hydroxylation is 2. The summed E-state index contributed by atoms with van der Waals surface area (Å²) in [6.45, 7) is 4.78. The lowest BCUT2D eigenvalue weighted by Gasteiger charge is -2.16. The average molecular weight is 724 g/mol. The van der Waals surface area contributed by atoms with Crippen molar-refractivity contribution in [3.63, 3.8) is 0 Å². The Labute approximate surface area is 312 Å². The van der Waals surface area contributed by atoms with Crippen LogP contribution >= 0.6 is 0 Å². The van der Waals surface area contributed by atoms with Gasteiger partial charge in [0.05, 0.1) is 24.1 Å². The van der Waals surface area contributed by atoms with E-state index in [4.69, 9.17) is 15.5 Å². The topological polar surface area (TPSA) is 70.1 Å². The van der Waals surface area contributed by atoms with E-state index in [-0.39, 0.29) is 5.78 Å². The van der Waals surface area contributed by atoms with Crippen LogP contribution in [0.1, 0.15) is 103 Å². The number of ketones is 1. The van der Waals surface area contributed by atoms with E-state index >= 15 is 0 Å². The number of halogens is 3. The summed E-state index contributed by atoms with van der Waals surface area (Å²) in [6.07, 6.45) is 7.68. The third kappa shape index (κ3) is 10.9. The van der Waals surface area contributed by atoms with Gasteiger partial charge >= 0.3 is 6.18 Å². The molecular formula is C45H52F3N3O2. The number of alkyl halides is 3. The van der Waals surface area contributed by atoms with E-state index < -0.39 is 11.7 Å². The SMILES string of the molecule is COc1ccc(-c2c(-c3ccc(C)cc3)nc(-c3cc(C)cc(C(F)(F)F)c3)n2Cc2ccc(C(=O)CCCCCCCCCCCCN)cc2)cc1. The molecular weight excluding hydrogens is 672 g/mol. The van der Waals surface area contributed by atoms with Crippen LogP contribution in [-0.4, -0.2) is 29.0 Å². The number of aromatic nitrogens is 2. The van der Waals surface area contributed by atoms with Gasteiger partial charge in [0.2, 0.25) is 0 Å². The van der Waals surface area contributed by atoms with Crippen LogP contribution in [0.4, 0.5) is 13.2 Å². The summed E-state index contributed by atoms with van der Waals surface area (Å²) in [5.74, 6) is 1.24. The number of imidazole rings is 1. The Hall–Kier alpha value is -4.69. The highest BCUT2D eigenvalue weighted by Crippen LogP contribution is 2.40. The van der Waals surface area contributed by atoms with E-state index in [1.165, 1.54) is 44.6 Å². The lowest BCUT2D eigenvalue weighted by Crippen LogP contribution is -2.08. The van der Waals surface area contributed by atoms with Gasteiger partial charge in [-0.1, -0.05) is 105 Å². The first-order valence-electron chi connectivity index (χ1n) is 18.9. The molecule has 0 unspecified atom stereocenters. The maximum atomic E-state index is 14.1. The van der Waals surface area contributed by atoms with Crippen molar-refractivity contribution in [2.75, 3.05) is 13.7 Å². The maximum absolute atomic E-state index is 14.1. The quantitative estimate of drug-likeness (QED) is 0.0680. The Balaban J connectivity index is 1.41. The highest BCUT2D eigenvalue weighted by atomic mass is 19.4. The highest BCUT2D eigenvalue weighted by molar-refractivity contribution is 5.96. The van der Waals surface area contributed by atoms with Gasteiger partial charge in [-0.3, -0.25) is 4.79 Å². The molecule has 0 bridgehead atoms. The summed E-state index contributed by atoms with van der Waals surface area (Å²) in [5.41, 5.74) is 11.5. The van der Waals surface area contributed by atoms with Crippen molar-refractivity contribution in [3.8, 4) is 39.7 Å². The van der Waals surface area contributed by atoms with Gasteiger partial charge in [-0.2, -0.15) is 13.2 Å². The molecule has 8 heteroatoms. The number of ether oxygens (including phenoxy) is 1. The van der Waals surface area contributed by atoms with Crippen LogP contribution in [0.2, 0.25) is 0 Å². The fraction of sp³-hybridized carbons (Fsp3) is 0.378. The fourth-order valence-electron chi connectivity index (χ4n) is 6.82. The minimum Gasteiger partial charge on any atom is -0.497 e. The molecule has 0 saturated heterocycles. The van der Waals surface area contributed by atoms with E-state index in [0.29, 0.717) is 46.9 Å². The van der Waals surface area contributed by atoms with Gasteiger partial charge in [-0.05, 0) is 86.8 Å². The summed E-state index contributed by atoms with van der Waals surface area (Å²) in [7, 11) is 1.61. The lowest BCUT2D eigenvalue weighted by molar-refractivity contribution is -0.137. The normalized spacial score (nSPS) is 11.6. The fourth-order valence-corrected chi connectivity index (χ4v) is 6.82. The molecule has 4 aromatic carbocycles. The molecule has 53 heavy (non-hydrogen) atoms. The number of methoxy groups -OCH3 is 1. The van der Waals surface area contributed by atoms with Crippen LogP contribution in [0.15, 0.2) is 91.0 Å². The minimum atomic E-state index is -4.51. The Morgan fingerprint density at radius 1 is 0.698 bits per heavy atom. The Morgan fingerprint density at radius 3 is 1.87 bits per heavy atom. The number of carbonyl (C=O) groups is 1. The summed E-state index contributed by atoms with van der Waals surface area (Å²) in [4.78, 5) is 18.2. The molecule has 1 aromatic heterocycles. The zero-order chi connectivity index (χ0) is 37.8. The average Bonchev–Trinajstić information content (AvgIpc) is 3.52. The molecule has 280 valence electrons. The number of benzene rings is 4. The smallest absolute Gasteiger partial charge is 0.416 e. The number of carbonyl (C=O) groups excluding carboxylic acids is 1. The first-order valence-corrected chi connectivity index (χ1v) is 18.9. The molecule has 0 aliphatic carbocycles. The Morgan fingerprint density at radius 2 is 1.28 bits per heavy atom. The molecule has 0 amide bonds. The first kappa shape index (κ1) is 39.5. The van der Waals surface area contributed by atoms with Crippen LogP contribution in [-0.2, 0) is 12.7 Å². The molecule has 0 spiro atoms. The van der Waals surface area contributed by atoms with Crippen molar-refractivity contribution < 1.29 is 22.7 Å². The van der Waals surface area contributed by atoms with E-state index in [1.54, 1.807) is 20.1 Å². The van der Waals surface area contributed by atoms with Crippen molar-refractivity contribution in [1.29, 1.82) is 0 Å². The molecule has 2 N–H and O–H groups in total. The molecule has 0 saturated carbocycles. The lowest BCUT2D eigenvalue weighted by atomic mass is 10.0. The predicted octanol–water partition coefficient (Wildman–Crippen LogP) is 12.0. The summed E-state index contributed by atoms with van der Waals surface area (Å²) in [6, 6.07) is 27.3. The predicted molar refractivity (Wildman–Crippen MR) is 209 cm³/mol. The number of Topliss-reactive ketones (excluding diaryl/α,β-unsaturated/α-hetero) is 1. The minimum absolute atomic E-state index is 0.125. The van der Waals surface area contributed by atoms with Gasteiger partial charge in [0, 0.05) is 35.2 Å². The summed E-state index contributed by atoms with van der Waals surface area (Å²) in [5, 5.41) is 0. The molecule has 0 atom stereocenters. The Bertz CT molecular complexity index is 1910. The van der Waals surface area contributed by atoms with Crippen LogP contribution in [0, 0.1) is 13.8 Å². The van der Waals surface area contributed by atoms with Crippen molar-refractivity contribution in [2.24, 2.45) is 5.73 Å². The van der Waals surface area contributed by atoms with Crippen molar-refractivity contribution in [3.05, 3.63) is 119 Å². The van der Waals surface area contributed by atoms with E-state index in [0.717, 1.165) is 66.2 Å². The molecule has 0 aliphatic heterocycles. The third-order valence-corrected chi connectivity index (χ3v) is 9.79. The number of hydrogen-bond acceptors (Lipinski definition) is 4. The third-order valence-electron chi connectivity index (χ3n) is 9.79. The second kappa shape index (κ2) is 18.9. The molecule has 1 heterocycles. The molecule has 0 fully saturated rings. The van der Waals surface area contributed by atoms with Gasteiger partial charge in [0.15, 0.2) is 5.78 Å². The molecule has 0 aliphatic rings. The zero-order valence-electron chi connectivity index (χ0n) is 31.3. The maximum Gasteiger partial charge on any atom is 0.416 e. The molecule has 5 rings (SSSR count). The van der Waals surface area contributed by atoms with Gasteiger partial charge in [-0.15, -0.1) is 0 Å². The van der Waals surface area contributed by atoms with Crippen LogP contribution in [0.25, 0.3) is 33.9 Å². The van der Waals surface area contributed by atoms with Gasteiger partial charge < -0.3 is 15.0 Å². The van der Waals surface area contributed by atoms with Crippen molar-refractivity contribution in [2.45, 2.75) is 97.2 Å². The number of nitrogens with zero attached hydrogens (tertiary/aromatic N) is 2. The van der Waals surface area contributed by atoms with Crippen LogP contribution < -0.4 is 10.5 Å². The molecule has 5 nitrogen and oxygen atoms in total. The second-order valence-corrected chi connectivity index (χ2v) is 14.1. The largest absolute Gasteiger partial charge is 0.497 e. The van der Waals surface area contributed by atoms with E-state index in [1.807, 2.05) is 84.3 Å². The summed E-state index contributed by atoms with van der Waals surface area (Å²) >= 11 is 0. The number of nitrogens with two attached hydrogens (primary N) is 1. The van der Waals surface area contributed by atoms with E-state index in [2.05, 4.69) is 0 Å². The van der Waals surface area contributed by atoms with Gasteiger partial charge in [0.25, 0.3) is 0 Å². The van der Waals surface area contributed by atoms with E-state index in [9.17, 15) is 18.0 Å². The number of unbranched alkanes of at least 4 members (excludes halogenated alkanes) is 9. The van der Waals surface area contributed by atoms with Crippen LogP contribution in [0.3, 0.4) is 0 Å². The number of hydrogen-bond donors (Lipinski definition) is 1. The van der Waals surface area contributed by atoms with Gasteiger partial charge in [-0.25, -0.2) is 4.98 Å². The molecule has 0 radical (unpaired) electrons. The standard InChI is InChI=1S/C45H52F3N3O2/c1-32-15-19-36(20-16-32)42-43(37-23-25-40(53-3)26-24-37)51(44(50-42)38-28-33(2)29-39(30-38)45(46,47)48)31-34-17-21-35(22-18-34)41(52)14-12-10-8-6-4-5-7-9-11-13-27-49/h15-26,28-30H,4-14,27,31,49H2,1-3H3. The van der Waals surface area contributed by atoms with Crippen molar-refractivity contribution in [1.82, 2.24) is 9.55 Å². The van der Waals surface area contributed by atoms with Crippen molar-refractivity contribution >= 4 is 5.78 Å². The number of rotatable bonds is 19.